The van der Waals surface area contributed by atoms with E-state index >= 15 is 0 Å². The molecule has 34 heavy (non-hydrogen) atoms. The summed E-state index contributed by atoms with van der Waals surface area (Å²) in [6.07, 6.45) is 13.4. The second kappa shape index (κ2) is 9.49. The number of hydrogen-bond acceptors (Lipinski definition) is 3. The molecule has 0 radical (unpaired) electrons. The zero-order valence-corrected chi connectivity index (χ0v) is 20.5. The number of amides is 1. The Bertz CT molecular complexity index is 1170. The van der Waals surface area contributed by atoms with Crippen LogP contribution >= 0.6 is 0 Å². The summed E-state index contributed by atoms with van der Waals surface area (Å²) in [4.78, 5) is 22.0. The summed E-state index contributed by atoms with van der Waals surface area (Å²) in [5, 5.41) is 1.18. The molecule has 1 saturated carbocycles. The molecular weight excluding hydrogens is 427 g/mol. The van der Waals surface area contributed by atoms with Gasteiger partial charge in [0.2, 0.25) is 0 Å². The molecule has 5 nitrogen and oxygen atoms in total. The lowest BCUT2D eigenvalue weighted by Gasteiger charge is -2.34. The van der Waals surface area contributed by atoms with Crippen LogP contribution in [-0.4, -0.2) is 57.5 Å². The first-order chi connectivity index (χ1) is 16.4. The molecule has 0 atom stereocenters. The van der Waals surface area contributed by atoms with Gasteiger partial charge < -0.3 is 14.4 Å². The summed E-state index contributed by atoms with van der Waals surface area (Å²) in [6, 6.07) is 7.34. The number of likely N-dealkylation sites (tertiary alicyclic amines) is 1. The van der Waals surface area contributed by atoms with Gasteiger partial charge in [-0.25, -0.2) is 4.39 Å². The highest BCUT2D eigenvalue weighted by atomic mass is 19.1. The van der Waals surface area contributed by atoms with Gasteiger partial charge >= 0.3 is 0 Å². The summed E-state index contributed by atoms with van der Waals surface area (Å²) in [6.45, 7) is 6.43. The quantitative estimate of drug-likeness (QED) is 0.484. The van der Waals surface area contributed by atoms with Crippen LogP contribution in [0, 0.1) is 5.82 Å². The smallest absolute Gasteiger partial charge is 0.256 e. The van der Waals surface area contributed by atoms with Gasteiger partial charge in [-0.15, -0.1) is 0 Å². The highest BCUT2D eigenvalue weighted by Crippen LogP contribution is 2.40. The Hall–Kier alpha value is -2.73. The number of hydrogen-bond donors (Lipinski definition) is 0. The Balaban J connectivity index is 1.51. The molecule has 2 aliphatic rings. The van der Waals surface area contributed by atoms with E-state index in [2.05, 4.69) is 22.1 Å². The van der Waals surface area contributed by atoms with E-state index in [1.165, 1.54) is 74.7 Å². The van der Waals surface area contributed by atoms with Gasteiger partial charge in [0, 0.05) is 36.9 Å². The van der Waals surface area contributed by atoms with Crippen LogP contribution in [0.4, 0.5) is 4.39 Å². The van der Waals surface area contributed by atoms with Gasteiger partial charge in [-0.3, -0.25) is 9.78 Å². The number of benzene rings is 1. The van der Waals surface area contributed by atoms with Crippen molar-refractivity contribution in [2.45, 2.75) is 70.4 Å². The summed E-state index contributed by atoms with van der Waals surface area (Å²) < 4.78 is 16.3. The highest BCUT2D eigenvalue weighted by Gasteiger charge is 2.30. The molecule has 1 saturated heterocycles. The minimum atomic E-state index is -0.403. The largest absolute Gasteiger partial charge is 0.339 e. The first-order valence-electron chi connectivity index (χ1n) is 12.7. The fourth-order valence-corrected chi connectivity index (χ4v) is 5.80. The third-order valence-electron chi connectivity index (χ3n) is 7.98. The molecule has 0 spiro atoms. The van der Waals surface area contributed by atoms with Crippen LogP contribution in [-0.2, 0) is 0 Å². The topological polar surface area (TPSA) is 41.4 Å². The molecule has 2 aromatic heterocycles. The Morgan fingerprint density at radius 3 is 2.56 bits per heavy atom. The molecule has 0 unspecified atom stereocenters. The maximum Gasteiger partial charge on any atom is 0.256 e. The summed E-state index contributed by atoms with van der Waals surface area (Å²) >= 11 is 0. The molecule has 2 fully saturated rings. The number of nitrogens with zero attached hydrogens (tertiary/aromatic N) is 4. The van der Waals surface area contributed by atoms with Crippen LogP contribution in [0.25, 0.3) is 16.6 Å². The monoisotopic (exact) mass is 462 g/mol. The second-order valence-electron chi connectivity index (χ2n) is 10.3. The minimum Gasteiger partial charge on any atom is -0.339 e. The molecule has 0 bridgehead atoms. The van der Waals surface area contributed by atoms with Crippen molar-refractivity contribution < 1.29 is 9.18 Å². The lowest BCUT2D eigenvalue weighted by Crippen LogP contribution is -2.35. The van der Waals surface area contributed by atoms with Crippen molar-refractivity contribution >= 4 is 16.8 Å². The van der Waals surface area contributed by atoms with Crippen LogP contribution in [0.15, 0.2) is 42.9 Å². The third-order valence-corrected chi connectivity index (χ3v) is 7.98. The van der Waals surface area contributed by atoms with E-state index in [9.17, 15) is 9.18 Å². The van der Waals surface area contributed by atoms with Gasteiger partial charge in [-0.1, -0.05) is 0 Å². The molecule has 3 heterocycles. The standard InChI is InChI=1S/C28H35FN4O/c1-19(2)31(3)28(34)24-16-21(29)8-11-26(24)33-18-25(23-12-13-30-17-27(23)33)20-6-9-22(10-7-20)32-14-4-5-15-32/h8,11-13,16-20,22H,4-7,9-10,14-15H2,1-3H3/t20-,22-. The van der Waals surface area contributed by atoms with Crippen LogP contribution in [0.3, 0.4) is 0 Å². The first kappa shape index (κ1) is 23.0. The molecule has 0 N–H and O–H groups in total. The van der Waals surface area contributed by atoms with Crippen molar-refractivity contribution in [2.24, 2.45) is 0 Å². The van der Waals surface area contributed by atoms with Crippen molar-refractivity contribution in [1.29, 1.82) is 0 Å². The molecule has 6 heteroatoms. The number of carbonyl (C=O) groups excluding carboxylic acids is 1. The number of aromatic nitrogens is 2. The third kappa shape index (κ3) is 4.24. The number of pyridine rings is 1. The molecule has 1 aliphatic heterocycles. The lowest BCUT2D eigenvalue weighted by atomic mass is 9.81. The van der Waals surface area contributed by atoms with E-state index in [0.717, 1.165) is 11.6 Å². The van der Waals surface area contributed by atoms with Gasteiger partial charge in [0.15, 0.2) is 0 Å². The van der Waals surface area contributed by atoms with E-state index in [0.29, 0.717) is 17.2 Å². The van der Waals surface area contributed by atoms with Crippen LogP contribution in [0.1, 0.15) is 74.2 Å². The van der Waals surface area contributed by atoms with Gasteiger partial charge in [-0.05, 0) is 101 Å². The number of halogens is 1. The Labute approximate surface area is 201 Å². The van der Waals surface area contributed by atoms with Crippen molar-refractivity contribution in [2.75, 3.05) is 20.1 Å². The molecule has 180 valence electrons. The zero-order valence-electron chi connectivity index (χ0n) is 20.5. The fraction of sp³-hybridized carbons (Fsp3) is 0.500. The molecule has 5 rings (SSSR count). The second-order valence-corrected chi connectivity index (χ2v) is 10.3. The predicted octanol–water partition coefficient (Wildman–Crippen LogP) is 5.77. The van der Waals surface area contributed by atoms with E-state index in [-0.39, 0.29) is 11.9 Å². The Kier molecular flexibility index (Phi) is 6.43. The lowest BCUT2D eigenvalue weighted by molar-refractivity contribution is 0.0754. The average Bonchev–Trinajstić information content (AvgIpc) is 3.52. The molecule has 1 aliphatic carbocycles. The van der Waals surface area contributed by atoms with Crippen molar-refractivity contribution in [1.82, 2.24) is 19.4 Å². The van der Waals surface area contributed by atoms with Crippen molar-refractivity contribution in [3.8, 4) is 5.69 Å². The number of fused-ring (bicyclic) bond motifs is 1. The Morgan fingerprint density at radius 1 is 1.12 bits per heavy atom. The normalized spacial score (nSPS) is 21.4. The van der Waals surface area contributed by atoms with Crippen LogP contribution < -0.4 is 0 Å². The van der Waals surface area contributed by atoms with Gasteiger partial charge in [-0.2, -0.15) is 0 Å². The minimum absolute atomic E-state index is 0.0213. The molecular formula is C28H35FN4O. The number of rotatable bonds is 5. The first-order valence-corrected chi connectivity index (χ1v) is 12.7. The number of carbonyl (C=O) groups is 1. The average molecular weight is 463 g/mol. The Morgan fingerprint density at radius 2 is 1.85 bits per heavy atom. The highest BCUT2D eigenvalue weighted by molar-refractivity contribution is 5.99. The molecule has 1 aromatic carbocycles. The SMILES string of the molecule is CC(C)N(C)C(=O)c1cc(F)ccc1-n1cc([C@H]2CC[C@H](N3CCCC3)CC2)c2ccncc21. The van der Waals surface area contributed by atoms with Crippen molar-refractivity contribution in [3.63, 3.8) is 0 Å². The predicted molar refractivity (Wildman–Crippen MR) is 134 cm³/mol. The van der Waals surface area contributed by atoms with Gasteiger partial charge in [0.1, 0.15) is 5.82 Å². The van der Waals surface area contributed by atoms with Gasteiger partial charge in [0.25, 0.3) is 5.91 Å². The molecule has 1 amide bonds. The van der Waals surface area contributed by atoms with Gasteiger partial charge in [0.05, 0.1) is 23.0 Å². The van der Waals surface area contributed by atoms with Crippen LogP contribution in [0.2, 0.25) is 0 Å². The van der Waals surface area contributed by atoms with Crippen molar-refractivity contribution in [3.05, 3.63) is 59.8 Å². The fourth-order valence-electron chi connectivity index (χ4n) is 5.80. The summed E-state index contributed by atoms with van der Waals surface area (Å²) in [5.74, 6) is -0.0925. The van der Waals surface area contributed by atoms with E-state index in [4.69, 9.17) is 0 Å². The maximum atomic E-state index is 14.3. The molecule has 3 aromatic rings. The summed E-state index contributed by atoms with van der Waals surface area (Å²) in [7, 11) is 1.77. The van der Waals surface area contributed by atoms with E-state index in [1.54, 1.807) is 18.0 Å². The summed E-state index contributed by atoms with van der Waals surface area (Å²) in [5.41, 5.74) is 3.36. The maximum absolute atomic E-state index is 14.3. The van der Waals surface area contributed by atoms with E-state index in [1.807, 2.05) is 30.8 Å². The van der Waals surface area contributed by atoms with E-state index < -0.39 is 5.82 Å². The zero-order chi connectivity index (χ0) is 23.8. The van der Waals surface area contributed by atoms with Crippen LogP contribution in [0.5, 0.6) is 0 Å².